The van der Waals surface area contributed by atoms with E-state index in [0.29, 0.717) is 0 Å². The number of carbonyl (C=O) groups excluding carboxylic acids is 1. The molecule has 0 aromatic heterocycles. The number of hydrogen-bond acceptors (Lipinski definition) is 2. The molecule has 3 atom stereocenters. The molecular weight excluding hydrogens is 242 g/mol. The van der Waals surface area contributed by atoms with Crippen LogP contribution in [0, 0.1) is 17.3 Å². The summed E-state index contributed by atoms with van der Waals surface area (Å²) in [6, 6.07) is 9.52. The first-order valence-electron chi connectivity index (χ1n) is 6.44. The van der Waals surface area contributed by atoms with Crippen LogP contribution in [0.25, 0.3) is 0 Å². The summed E-state index contributed by atoms with van der Waals surface area (Å²) < 4.78 is 0. The van der Waals surface area contributed by atoms with Crippen LogP contribution in [0.3, 0.4) is 0 Å². The number of nitrogens with one attached hydrogen (secondary N) is 1. The Hall–Kier alpha value is -1.84. The fourth-order valence-electron chi connectivity index (χ4n) is 2.72. The van der Waals surface area contributed by atoms with E-state index in [9.17, 15) is 9.59 Å². The van der Waals surface area contributed by atoms with E-state index >= 15 is 0 Å². The summed E-state index contributed by atoms with van der Waals surface area (Å²) in [7, 11) is 0. The Labute approximate surface area is 112 Å². The first-order chi connectivity index (χ1) is 8.85. The van der Waals surface area contributed by atoms with Gasteiger partial charge in [-0.25, -0.2) is 0 Å². The van der Waals surface area contributed by atoms with Crippen molar-refractivity contribution >= 4 is 11.9 Å². The number of carboxylic acid groups (broad SMARTS) is 1. The van der Waals surface area contributed by atoms with Gasteiger partial charge in [-0.3, -0.25) is 9.59 Å². The fourth-order valence-corrected chi connectivity index (χ4v) is 2.72. The summed E-state index contributed by atoms with van der Waals surface area (Å²) in [5, 5.41) is 12.0. The molecule has 1 fully saturated rings. The lowest BCUT2D eigenvalue weighted by atomic mass is 10.1. The largest absolute Gasteiger partial charge is 0.481 e. The maximum Gasteiger partial charge on any atom is 0.307 e. The average Bonchev–Trinajstić information content (AvgIpc) is 2.93. The SMILES string of the molecule is CC(NC(=O)C1C(C(=O)O)C1(C)C)c1ccccc1. The van der Waals surface area contributed by atoms with Crippen LogP contribution < -0.4 is 5.32 Å². The molecule has 1 saturated carbocycles. The molecular formula is C15H19NO3. The Morgan fingerprint density at radius 3 is 2.26 bits per heavy atom. The Kier molecular flexibility index (Phi) is 3.35. The van der Waals surface area contributed by atoms with Crippen LogP contribution in [0.2, 0.25) is 0 Å². The Balaban J connectivity index is 2.02. The Morgan fingerprint density at radius 1 is 1.21 bits per heavy atom. The predicted octanol–water partition coefficient (Wildman–Crippen LogP) is 2.22. The lowest BCUT2D eigenvalue weighted by molar-refractivity contribution is -0.140. The topological polar surface area (TPSA) is 66.4 Å². The maximum absolute atomic E-state index is 12.1. The standard InChI is InChI=1S/C15H19NO3/c1-9(10-7-5-4-6-8-10)16-13(17)11-12(14(18)19)15(11,2)3/h4-9,11-12H,1-3H3,(H,16,17)(H,18,19). The highest BCUT2D eigenvalue weighted by Crippen LogP contribution is 2.58. The third-order valence-electron chi connectivity index (χ3n) is 4.03. The predicted molar refractivity (Wildman–Crippen MR) is 71.4 cm³/mol. The quantitative estimate of drug-likeness (QED) is 0.873. The monoisotopic (exact) mass is 261 g/mol. The van der Waals surface area contributed by atoms with E-state index < -0.39 is 23.2 Å². The highest BCUT2D eigenvalue weighted by atomic mass is 16.4. The molecule has 1 aliphatic rings. The van der Waals surface area contributed by atoms with E-state index in [4.69, 9.17) is 5.11 Å². The molecule has 3 unspecified atom stereocenters. The zero-order valence-corrected chi connectivity index (χ0v) is 11.4. The molecule has 1 aromatic rings. The van der Waals surface area contributed by atoms with Gasteiger partial charge in [0.25, 0.3) is 0 Å². The highest BCUT2D eigenvalue weighted by Gasteiger charge is 2.65. The number of carbonyl (C=O) groups is 2. The van der Waals surface area contributed by atoms with Crippen molar-refractivity contribution in [1.82, 2.24) is 5.32 Å². The van der Waals surface area contributed by atoms with E-state index in [1.54, 1.807) is 0 Å². The van der Waals surface area contributed by atoms with E-state index in [-0.39, 0.29) is 11.9 Å². The molecule has 2 rings (SSSR count). The summed E-state index contributed by atoms with van der Waals surface area (Å²) in [6.45, 7) is 5.55. The normalized spacial score (nSPS) is 25.4. The summed E-state index contributed by atoms with van der Waals surface area (Å²) in [5.41, 5.74) is 0.563. The molecule has 0 radical (unpaired) electrons. The first-order valence-corrected chi connectivity index (χ1v) is 6.44. The van der Waals surface area contributed by atoms with Gasteiger partial charge in [0.2, 0.25) is 5.91 Å². The Morgan fingerprint density at radius 2 is 1.79 bits per heavy atom. The Bertz CT molecular complexity index is 495. The third-order valence-corrected chi connectivity index (χ3v) is 4.03. The van der Waals surface area contributed by atoms with Crippen molar-refractivity contribution in [3.8, 4) is 0 Å². The zero-order valence-electron chi connectivity index (χ0n) is 11.4. The van der Waals surface area contributed by atoms with Gasteiger partial charge in [0.05, 0.1) is 17.9 Å². The van der Waals surface area contributed by atoms with Gasteiger partial charge < -0.3 is 10.4 Å². The van der Waals surface area contributed by atoms with E-state index in [1.165, 1.54) is 0 Å². The summed E-state index contributed by atoms with van der Waals surface area (Å²) >= 11 is 0. The average molecular weight is 261 g/mol. The summed E-state index contributed by atoms with van der Waals surface area (Å²) in [4.78, 5) is 23.2. The number of carboxylic acids is 1. The van der Waals surface area contributed by atoms with Crippen molar-refractivity contribution in [2.24, 2.45) is 17.3 Å². The summed E-state index contributed by atoms with van der Waals surface area (Å²) in [6.07, 6.45) is 0. The minimum atomic E-state index is -0.891. The van der Waals surface area contributed by atoms with Crippen LogP contribution in [-0.2, 0) is 9.59 Å². The molecule has 4 heteroatoms. The van der Waals surface area contributed by atoms with Gasteiger partial charge >= 0.3 is 5.97 Å². The second-order valence-electron chi connectivity index (χ2n) is 5.76. The van der Waals surface area contributed by atoms with Crippen molar-refractivity contribution in [2.45, 2.75) is 26.8 Å². The fraction of sp³-hybridized carbons (Fsp3) is 0.467. The van der Waals surface area contributed by atoms with Crippen molar-refractivity contribution in [2.75, 3.05) is 0 Å². The van der Waals surface area contributed by atoms with Gasteiger partial charge in [-0.15, -0.1) is 0 Å². The van der Waals surface area contributed by atoms with Gasteiger partial charge in [0, 0.05) is 0 Å². The van der Waals surface area contributed by atoms with Crippen molar-refractivity contribution < 1.29 is 14.7 Å². The lowest BCUT2D eigenvalue weighted by Crippen LogP contribution is -2.29. The molecule has 1 aliphatic carbocycles. The number of amides is 1. The van der Waals surface area contributed by atoms with Gasteiger partial charge in [-0.1, -0.05) is 44.2 Å². The van der Waals surface area contributed by atoms with Crippen LogP contribution in [0.1, 0.15) is 32.4 Å². The highest BCUT2D eigenvalue weighted by molar-refractivity contribution is 5.91. The van der Waals surface area contributed by atoms with Gasteiger partial charge in [-0.05, 0) is 17.9 Å². The molecule has 0 heterocycles. The molecule has 1 aromatic carbocycles. The molecule has 4 nitrogen and oxygen atoms in total. The smallest absolute Gasteiger partial charge is 0.307 e. The van der Waals surface area contributed by atoms with Gasteiger partial charge in [0.1, 0.15) is 0 Å². The number of aliphatic carboxylic acids is 1. The molecule has 19 heavy (non-hydrogen) atoms. The molecule has 102 valence electrons. The van der Waals surface area contributed by atoms with Crippen LogP contribution in [-0.4, -0.2) is 17.0 Å². The first kappa shape index (κ1) is 13.6. The minimum Gasteiger partial charge on any atom is -0.481 e. The van der Waals surface area contributed by atoms with Crippen LogP contribution in [0.15, 0.2) is 30.3 Å². The number of rotatable bonds is 4. The van der Waals surface area contributed by atoms with E-state index in [1.807, 2.05) is 51.1 Å². The minimum absolute atomic E-state index is 0.112. The molecule has 1 amide bonds. The molecule has 0 saturated heterocycles. The second-order valence-corrected chi connectivity index (χ2v) is 5.76. The molecule has 0 spiro atoms. The van der Waals surface area contributed by atoms with Crippen molar-refractivity contribution in [3.05, 3.63) is 35.9 Å². The van der Waals surface area contributed by atoms with Crippen LogP contribution in [0.5, 0.6) is 0 Å². The second kappa shape index (κ2) is 4.68. The van der Waals surface area contributed by atoms with E-state index in [0.717, 1.165) is 5.56 Å². The summed E-state index contributed by atoms with van der Waals surface area (Å²) in [5.74, 6) is -2.07. The van der Waals surface area contributed by atoms with Crippen LogP contribution >= 0.6 is 0 Å². The molecule has 0 bridgehead atoms. The molecule has 2 N–H and O–H groups in total. The van der Waals surface area contributed by atoms with Crippen LogP contribution in [0.4, 0.5) is 0 Å². The zero-order chi connectivity index (χ0) is 14.2. The number of hydrogen-bond donors (Lipinski definition) is 2. The number of benzene rings is 1. The van der Waals surface area contributed by atoms with Gasteiger partial charge in [-0.2, -0.15) is 0 Å². The third kappa shape index (κ3) is 2.48. The maximum atomic E-state index is 12.1. The lowest BCUT2D eigenvalue weighted by Gasteiger charge is -2.14. The van der Waals surface area contributed by atoms with Crippen molar-refractivity contribution in [3.63, 3.8) is 0 Å². The van der Waals surface area contributed by atoms with E-state index in [2.05, 4.69) is 5.32 Å². The van der Waals surface area contributed by atoms with Gasteiger partial charge in [0.15, 0.2) is 0 Å². The molecule has 0 aliphatic heterocycles. The van der Waals surface area contributed by atoms with Crippen molar-refractivity contribution in [1.29, 1.82) is 0 Å².